The number of nitrogens with one attached hydrogen (secondary N) is 1. The number of hydrogen-bond donors (Lipinski definition) is 1. The van der Waals surface area contributed by atoms with Gasteiger partial charge in [0.1, 0.15) is 5.75 Å². The molecule has 0 spiro atoms. The molecule has 3 nitrogen and oxygen atoms in total. The number of alkyl halides is 3. The number of carbonyl (C=O) groups is 1. The summed E-state index contributed by atoms with van der Waals surface area (Å²) in [5.41, 5.74) is -0.0930. The van der Waals surface area contributed by atoms with Gasteiger partial charge in [-0.1, -0.05) is 38.0 Å². The monoisotopic (exact) mass is 301 g/mol. The lowest BCUT2D eigenvalue weighted by atomic mass is 9.88. The average molecular weight is 301 g/mol. The predicted molar refractivity (Wildman–Crippen MR) is 71.5 cm³/mol. The summed E-state index contributed by atoms with van der Waals surface area (Å²) in [4.78, 5) is 12.2. The summed E-state index contributed by atoms with van der Waals surface area (Å²) in [7, 11) is 0. The Morgan fingerprint density at radius 3 is 2.52 bits per heavy atom. The largest absolute Gasteiger partial charge is 0.573 e. The smallest absolute Gasteiger partial charge is 0.405 e. The zero-order valence-corrected chi connectivity index (χ0v) is 11.8. The summed E-state index contributed by atoms with van der Waals surface area (Å²) in [6.45, 7) is 1.92. The zero-order valence-electron chi connectivity index (χ0n) is 11.8. The van der Waals surface area contributed by atoms with Crippen LogP contribution in [0.4, 0.5) is 13.2 Å². The molecule has 1 aliphatic rings. The van der Waals surface area contributed by atoms with Crippen LogP contribution < -0.4 is 10.1 Å². The second-order valence-electron chi connectivity index (χ2n) is 5.61. The standard InChI is InChI=1S/C15H18F3NO2/c1-14(8-4-5-9-14)13(20)19-10-11-6-2-3-7-12(11)21-15(16,17)18/h2-3,6-7H,4-5,8-10H2,1H3,(H,19,20). The fourth-order valence-electron chi connectivity index (χ4n) is 2.65. The maximum atomic E-state index is 12.3. The summed E-state index contributed by atoms with van der Waals surface area (Å²) in [6, 6.07) is 5.83. The number of carbonyl (C=O) groups excluding carboxylic acids is 1. The van der Waals surface area contributed by atoms with Gasteiger partial charge in [0.25, 0.3) is 0 Å². The van der Waals surface area contributed by atoms with Gasteiger partial charge in [-0.15, -0.1) is 13.2 Å². The van der Waals surface area contributed by atoms with E-state index in [1.165, 1.54) is 18.2 Å². The molecule has 0 saturated heterocycles. The van der Waals surface area contributed by atoms with Gasteiger partial charge in [0.15, 0.2) is 0 Å². The van der Waals surface area contributed by atoms with E-state index < -0.39 is 11.8 Å². The fourth-order valence-corrected chi connectivity index (χ4v) is 2.65. The Kier molecular flexibility index (Phi) is 4.44. The van der Waals surface area contributed by atoms with Crippen LogP contribution in [-0.2, 0) is 11.3 Å². The van der Waals surface area contributed by atoms with Gasteiger partial charge in [-0.3, -0.25) is 4.79 Å². The van der Waals surface area contributed by atoms with Gasteiger partial charge >= 0.3 is 6.36 Å². The molecule has 116 valence electrons. The first-order valence-electron chi connectivity index (χ1n) is 6.92. The van der Waals surface area contributed by atoms with Crippen molar-refractivity contribution in [3.8, 4) is 5.75 Å². The molecule has 21 heavy (non-hydrogen) atoms. The van der Waals surface area contributed by atoms with E-state index in [9.17, 15) is 18.0 Å². The second-order valence-corrected chi connectivity index (χ2v) is 5.61. The molecule has 6 heteroatoms. The van der Waals surface area contributed by atoms with Crippen LogP contribution in [0.5, 0.6) is 5.75 Å². The number of amides is 1. The van der Waals surface area contributed by atoms with Gasteiger partial charge in [0.2, 0.25) is 5.91 Å². The van der Waals surface area contributed by atoms with E-state index in [0.717, 1.165) is 25.7 Å². The van der Waals surface area contributed by atoms with Crippen molar-refractivity contribution in [2.24, 2.45) is 5.41 Å². The Balaban J connectivity index is 2.01. The highest BCUT2D eigenvalue weighted by Crippen LogP contribution is 2.37. The van der Waals surface area contributed by atoms with Crippen molar-refractivity contribution in [2.75, 3.05) is 0 Å². The van der Waals surface area contributed by atoms with Crippen molar-refractivity contribution in [3.63, 3.8) is 0 Å². The van der Waals surface area contributed by atoms with Gasteiger partial charge in [0, 0.05) is 17.5 Å². The summed E-state index contributed by atoms with van der Waals surface area (Å²) in [6.07, 6.45) is -1.08. The molecule has 1 fully saturated rings. The first-order valence-corrected chi connectivity index (χ1v) is 6.92. The minimum atomic E-state index is -4.74. The lowest BCUT2D eigenvalue weighted by Crippen LogP contribution is -2.36. The average Bonchev–Trinajstić information content (AvgIpc) is 2.84. The number of benzene rings is 1. The highest BCUT2D eigenvalue weighted by atomic mass is 19.4. The van der Waals surface area contributed by atoms with Crippen LogP contribution in [0.3, 0.4) is 0 Å². The van der Waals surface area contributed by atoms with E-state index in [-0.39, 0.29) is 18.2 Å². The summed E-state index contributed by atoms with van der Waals surface area (Å²) in [5.74, 6) is -0.385. The number of para-hydroxylation sites is 1. The third-order valence-corrected chi connectivity index (χ3v) is 3.89. The quantitative estimate of drug-likeness (QED) is 0.919. The van der Waals surface area contributed by atoms with Crippen molar-refractivity contribution >= 4 is 5.91 Å². The van der Waals surface area contributed by atoms with Crippen LogP contribution in [0, 0.1) is 5.41 Å². The van der Waals surface area contributed by atoms with Crippen molar-refractivity contribution in [1.82, 2.24) is 5.32 Å². The predicted octanol–water partition coefficient (Wildman–Crippen LogP) is 3.78. The van der Waals surface area contributed by atoms with Gasteiger partial charge in [-0.25, -0.2) is 0 Å². The highest BCUT2D eigenvalue weighted by molar-refractivity contribution is 5.82. The lowest BCUT2D eigenvalue weighted by molar-refractivity contribution is -0.274. The molecule has 1 aromatic rings. The normalized spacial score (nSPS) is 17.5. The van der Waals surface area contributed by atoms with E-state index in [1.54, 1.807) is 6.07 Å². The van der Waals surface area contributed by atoms with E-state index in [2.05, 4.69) is 10.1 Å². The fraction of sp³-hybridized carbons (Fsp3) is 0.533. The first kappa shape index (κ1) is 15.7. The van der Waals surface area contributed by atoms with Crippen molar-refractivity contribution < 1.29 is 22.7 Å². The van der Waals surface area contributed by atoms with Crippen LogP contribution >= 0.6 is 0 Å². The van der Waals surface area contributed by atoms with Crippen LogP contribution in [0.2, 0.25) is 0 Å². The molecule has 0 bridgehead atoms. The molecule has 1 N–H and O–H groups in total. The molecule has 0 atom stereocenters. The van der Waals surface area contributed by atoms with Crippen molar-refractivity contribution in [3.05, 3.63) is 29.8 Å². The van der Waals surface area contributed by atoms with Crippen LogP contribution in [0.25, 0.3) is 0 Å². The molecule has 0 aromatic heterocycles. The van der Waals surface area contributed by atoms with Crippen molar-refractivity contribution in [1.29, 1.82) is 0 Å². The maximum Gasteiger partial charge on any atom is 0.573 e. The number of rotatable bonds is 4. The van der Waals surface area contributed by atoms with Gasteiger partial charge in [0.05, 0.1) is 0 Å². The van der Waals surface area contributed by atoms with Crippen LogP contribution in [-0.4, -0.2) is 12.3 Å². The van der Waals surface area contributed by atoms with Crippen molar-refractivity contribution in [2.45, 2.75) is 45.5 Å². The molecular weight excluding hydrogens is 283 g/mol. The second kappa shape index (κ2) is 5.95. The summed E-state index contributed by atoms with van der Waals surface area (Å²) >= 11 is 0. The third-order valence-electron chi connectivity index (χ3n) is 3.89. The topological polar surface area (TPSA) is 38.3 Å². The molecule has 0 radical (unpaired) electrons. The van der Waals surface area contributed by atoms with Gasteiger partial charge in [-0.05, 0) is 18.9 Å². The van der Waals surface area contributed by atoms with E-state index in [0.29, 0.717) is 5.56 Å². The molecule has 1 amide bonds. The maximum absolute atomic E-state index is 12.3. The highest BCUT2D eigenvalue weighted by Gasteiger charge is 2.36. The van der Waals surface area contributed by atoms with E-state index in [1.807, 2.05) is 6.92 Å². The third kappa shape index (κ3) is 4.12. The molecule has 1 saturated carbocycles. The Morgan fingerprint density at radius 1 is 1.29 bits per heavy atom. The number of ether oxygens (including phenoxy) is 1. The van der Waals surface area contributed by atoms with Gasteiger partial charge in [-0.2, -0.15) is 0 Å². The van der Waals surface area contributed by atoms with Crippen LogP contribution in [0.15, 0.2) is 24.3 Å². The Bertz CT molecular complexity index is 508. The Labute approximate surface area is 121 Å². The van der Waals surface area contributed by atoms with E-state index >= 15 is 0 Å². The minimum Gasteiger partial charge on any atom is -0.405 e. The Morgan fingerprint density at radius 2 is 1.90 bits per heavy atom. The SMILES string of the molecule is CC1(C(=O)NCc2ccccc2OC(F)(F)F)CCCC1. The number of hydrogen-bond acceptors (Lipinski definition) is 2. The molecule has 1 aromatic carbocycles. The number of halogens is 3. The van der Waals surface area contributed by atoms with Crippen LogP contribution in [0.1, 0.15) is 38.2 Å². The molecule has 0 heterocycles. The molecule has 0 aliphatic heterocycles. The zero-order chi connectivity index (χ0) is 15.5. The Hall–Kier alpha value is -1.72. The minimum absolute atomic E-state index is 0.0284. The molecule has 0 unspecified atom stereocenters. The molecule has 2 rings (SSSR count). The van der Waals surface area contributed by atoms with Gasteiger partial charge < -0.3 is 10.1 Å². The van der Waals surface area contributed by atoms with E-state index in [4.69, 9.17) is 0 Å². The molecular formula is C15H18F3NO2. The lowest BCUT2D eigenvalue weighted by Gasteiger charge is -2.22. The summed E-state index contributed by atoms with van der Waals surface area (Å²) in [5, 5.41) is 2.72. The summed E-state index contributed by atoms with van der Waals surface area (Å²) < 4.78 is 40.9. The molecule has 1 aliphatic carbocycles. The first-order chi connectivity index (χ1) is 9.80.